The third-order valence-corrected chi connectivity index (χ3v) is 10.4. The van der Waals surface area contributed by atoms with Crippen LogP contribution in [0, 0.1) is 17.7 Å². The van der Waals surface area contributed by atoms with Crippen molar-refractivity contribution in [2.24, 2.45) is 11.8 Å². The molecule has 2 saturated heterocycles. The minimum Gasteiger partial charge on any atom is -0.492 e. The molecule has 0 spiro atoms. The number of piperidine rings is 1. The number of para-hydroxylation sites is 1. The van der Waals surface area contributed by atoms with Crippen LogP contribution in [-0.2, 0) is 27.5 Å². The largest absolute Gasteiger partial charge is 0.492 e. The zero-order valence-corrected chi connectivity index (χ0v) is 26.7. The molecule has 3 fully saturated rings. The van der Waals surface area contributed by atoms with E-state index in [-0.39, 0.29) is 60.5 Å². The summed E-state index contributed by atoms with van der Waals surface area (Å²) in [5.74, 6) is -4.90. The highest BCUT2D eigenvalue weighted by Gasteiger charge is 2.47. The number of likely N-dealkylation sites (tertiary alicyclic amines) is 1. The number of aliphatic carboxylic acids is 1. The van der Waals surface area contributed by atoms with Gasteiger partial charge in [-0.15, -0.1) is 5.10 Å². The van der Waals surface area contributed by atoms with Crippen LogP contribution in [0.5, 0.6) is 5.75 Å². The number of benzene rings is 2. The number of hydrogen-bond acceptors (Lipinski definition) is 10. The first-order chi connectivity index (χ1) is 23.6. The quantitative estimate of drug-likeness (QED) is 0.276. The fraction of sp³-hybridized carbons (Fsp3) is 0.441. The van der Waals surface area contributed by atoms with E-state index in [4.69, 9.17) is 4.74 Å². The highest BCUT2D eigenvalue weighted by Crippen LogP contribution is 2.50. The van der Waals surface area contributed by atoms with Crippen LogP contribution >= 0.6 is 0 Å². The van der Waals surface area contributed by atoms with Gasteiger partial charge in [0, 0.05) is 37.8 Å². The number of amides is 2. The van der Waals surface area contributed by atoms with Crippen molar-refractivity contribution in [1.29, 1.82) is 0 Å². The van der Waals surface area contributed by atoms with E-state index in [9.17, 15) is 29.1 Å². The Kier molecular flexibility index (Phi) is 7.37. The lowest BCUT2D eigenvalue weighted by Crippen LogP contribution is -2.49. The highest BCUT2D eigenvalue weighted by atomic mass is 19.1. The van der Waals surface area contributed by atoms with Crippen molar-refractivity contribution in [1.82, 2.24) is 19.9 Å². The summed E-state index contributed by atoms with van der Waals surface area (Å²) in [5, 5.41) is 18.0. The molecule has 0 radical (unpaired) electrons. The van der Waals surface area contributed by atoms with Crippen LogP contribution in [0.3, 0.4) is 0 Å². The van der Waals surface area contributed by atoms with Crippen molar-refractivity contribution >= 4 is 46.4 Å². The van der Waals surface area contributed by atoms with Crippen LogP contribution in [0.4, 0.5) is 21.5 Å². The Morgan fingerprint density at radius 1 is 1.04 bits per heavy atom. The van der Waals surface area contributed by atoms with E-state index in [2.05, 4.69) is 10.3 Å². The number of carboxylic acids is 1. The molecule has 3 atom stereocenters. The summed E-state index contributed by atoms with van der Waals surface area (Å²) >= 11 is 0. The van der Waals surface area contributed by atoms with Crippen LogP contribution in [-0.4, -0.2) is 99.7 Å². The molecule has 8 rings (SSSR count). The lowest BCUT2D eigenvalue weighted by molar-refractivity contribution is -0.140. The number of halogens is 1. The molecule has 5 aliphatic rings. The molecule has 1 unspecified atom stereocenters. The number of nitrogens with zero attached hydrogens (tertiary/aromatic N) is 7. The van der Waals surface area contributed by atoms with Gasteiger partial charge in [-0.3, -0.25) is 28.9 Å². The van der Waals surface area contributed by atoms with Gasteiger partial charge in [-0.05, 0) is 49.8 Å². The molecule has 3 aromatic rings. The summed E-state index contributed by atoms with van der Waals surface area (Å²) in [4.78, 5) is 70.8. The van der Waals surface area contributed by atoms with Crippen molar-refractivity contribution < 1.29 is 38.2 Å². The number of carboxylic acid groups (broad SMARTS) is 1. The summed E-state index contributed by atoms with van der Waals surface area (Å²) in [6.45, 7) is 1.32. The summed E-state index contributed by atoms with van der Waals surface area (Å²) in [6, 6.07) is 7.77. The van der Waals surface area contributed by atoms with Crippen LogP contribution in [0.25, 0.3) is 0 Å². The molecule has 1 aliphatic carbocycles. The van der Waals surface area contributed by atoms with Crippen molar-refractivity contribution in [3.63, 3.8) is 0 Å². The number of ketones is 2. The number of hydrogen-bond donors (Lipinski definition) is 1. The number of fused-ring (bicyclic) bond motifs is 3. The molecule has 0 bridgehead atoms. The molecule has 4 aliphatic heterocycles. The fourth-order valence-corrected chi connectivity index (χ4v) is 7.99. The number of anilines is 3. The smallest absolute Gasteiger partial charge is 0.316 e. The summed E-state index contributed by atoms with van der Waals surface area (Å²) in [5.41, 5.74) is 1.96. The first kappa shape index (κ1) is 31.0. The van der Waals surface area contributed by atoms with Gasteiger partial charge in [-0.2, -0.15) is 0 Å². The summed E-state index contributed by atoms with van der Waals surface area (Å²) < 4.78 is 23.3. The number of rotatable bonds is 8. The molecule has 2 aromatic carbocycles. The Hall–Kier alpha value is -5.34. The molecule has 1 aromatic heterocycles. The van der Waals surface area contributed by atoms with E-state index in [1.165, 1.54) is 16.7 Å². The van der Waals surface area contributed by atoms with E-state index in [0.29, 0.717) is 42.3 Å². The molecule has 14 nitrogen and oxygen atoms in total. The lowest BCUT2D eigenvalue weighted by Gasteiger charge is -2.37. The third kappa shape index (κ3) is 5.09. The van der Waals surface area contributed by atoms with Crippen LogP contribution in [0.1, 0.15) is 52.1 Å². The Morgan fingerprint density at radius 2 is 1.84 bits per heavy atom. The third-order valence-electron chi connectivity index (χ3n) is 10.4. The SMILES string of the molecule is COc1c(N2C[C@H]3CCCN(C(=O)Cn4cc(CN5C(=O)C(=O)c6ccccc65)nn4)[C@H]3C2)c(F)cc2c1N(C1CC1)CC(C(=O)O)C2=O. The topological polar surface area (TPSA) is 158 Å². The minimum atomic E-state index is -1.28. The van der Waals surface area contributed by atoms with Crippen LogP contribution in [0.2, 0.25) is 0 Å². The fourth-order valence-electron chi connectivity index (χ4n) is 7.99. The second-order valence-corrected chi connectivity index (χ2v) is 13.4. The van der Waals surface area contributed by atoms with Gasteiger partial charge in [0.25, 0.3) is 11.7 Å². The molecule has 5 heterocycles. The van der Waals surface area contributed by atoms with Gasteiger partial charge in [0.2, 0.25) is 5.91 Å². The Balaban J connectivity index is 1.01. The number of carbonyl (C=O) groups excluding carboxylic acids is 4. The number of aromatic nitrogens is 3. The molecule has 2 amide bonds. The van der Waals surface area contributed by atoms with E-state index in [0.717, 1.165) is 31.7 Å². The molecule has 1 saturated carbocycles. The average Bonchev–Trinajstić information content (AvgIpc) is 3.61. The van der Waals surface area contributed by atoms with Gasteiger partial charge < -0.3 is 24.5 Å². The summed E-state index contributed by atoms with van der Waals surface area (Å²) in [7, 11) is 1.43. The van der Waals surface area contributed by atoms with Crippen LogP contribution < -0.4 is 19.4 Å². The highest BCUT2D eigenvalue weighted by molar-refractivity contribution is 6.52. The van der Waals surface area contributed by atoms with Crippen molar-refractivity contribution in [2.75, 3.05) is 48.0 Å². The molecule has 49 heavy (non-hydrogen) atoms. The first-order valence-corrected chi connectivity index (χ1v) is 16.5. The predicted octanol–water partition coefficient (Wildman–Crippen LogP) is 2.15. The Labute approximate surface area is 280 Å². The maximum atomic E-state index is 16.0. The second-order valence-electron chi connectivity index (χ2n) is 13.4. The molecular weight excluding hydrogens is 637 g/mol. The van der Waals surface area contributed by atoms with Gasteiger partial charge in [0.1, 0.15) is 23.8 Å². The molecule has 254 valence electrons. The van der Waals surface area contributed by atoms with E-state index in [1.807, 2.05) is 14.7 Å². The van der Waals surface area contributed by atoms with E-state index in [1.54, 1.807) is 30.5 Å². The maximum absolute atomic E-state index is 16.0. The zero-order valence-electron chi connectivity index (χ0n) is 26.7. The number of Topliss-reactive ketones (excluding diaryl/α,β-unsaturated/α-hetero) is 2. The predicted molar refractivity (Wildman–Crippen MR) is 171 cm³/mol. The van der Waals surface area contributed by atoms with Gasteiger partial charge in [0.15, 0.2) is 17.3 Å². The lowest BCUT2D eigenvalue weighted by atomic mass is 9.89. The van der Waals surface area contributed by atoms with Gasteiger partial charge in [-0.25, -0.2) is 9.07 Å². The Morgan fingerprint density at radius 3 is 2.59 bits per heavy atom. The monoisotopic (exact) mass is 671 g/mol. The number of methoxy groups -OCH3 is 1. The standard InChI is InChI=1S/C34H34FN7O7/c1-49-32-28-22(30(44)23(34(47)48)15-41(28)20-8-9-20)11-24(35)29(32)38-12-18-5-4-10-40(26(18)16-38)27(43)17-39-13-19(36-37-39)14-42-25-7-3-2-6-21(25)31(45)33(42)46/h2-3,6-7,11,13,18,20,23,26H,4-5,8-10,12,14-17H2,1H3,(H,47,48)/t18-,23?,26+/m1/s1. The summed E-state index contributed by atoms with van der Waals surface area (Å²) in [6.07, 6.45) is 4.91. The van der Waals surface area contributed by atoms with Gasteiger partial charge in [-0.1, -0.05) is 17.3 Å². The molecule has 1 N–H and O–H groups in total. The Bertz CT molecular complexity index is 1930. The van der Waals surface area contributed by atoms with Crippen LogP contribution in [0.15, 0.2) is 36.5 Å². The van der Waals surface area contributed by atoms with Crippen molar-refractivity contribution in [3.8, 4) is 5.75 Å². The normalized spacial score (nSPS) is 23.1. The minimum absolute atomic E-state index is 0.00451. The number of carbonyl (C=O) groups is 5. The van der Waals surface area contributed by atoms with E-state index >= 15 is 4.39 Å². The molecular formula is C34H34FN7O7. The van der Waals surface area contributed by atoms with Gasteiger partial charge in [0.05, 0.1) is 42.8 Å². The van der Waals surface area contributed by atoms with Crippen molar-refractivity contribution in [3.05, 3.63) is 59.2 Å². The zero-order chi connectivity index (χ0) is 34.1. The average molecular weight is 672 g/mol. The van der Waals surface area contributed by atoms with Crippen molar-refractivity contribution in [2.45, 2.75) is 50.9 Å². The first-order valence-electron chi connectivity index (χ1n) is 16.5. The number of ether oxygens (including phenoxy) is 1. The maximum Gasteiger partial charge on any atom is 0.316 e. The molecule has 15 heteroatoms. The second kappa shape index (κ2) is 11.7. The van der Waals surface area contributed by atoms with Gasteiger partial charge >= 0.3 is 5.97 Å². The van der Waals surface area contributed by atoms with E-state index < -0.39 is 35.2 Å².